The highest BCUT2D eigenvalue weighted by atomic mass is 32.2. The van der Waals surface area contributed by atoms with Crippen molar-refractivity contribution in [3.05, 3.63) is 42.5 Å². The number of benzene rings is 1. The molecule has 1 aliphatic heterocycles. The summed E-state index contributed by atoms with van der Waals surface area (Å²) < 4.78 is 0. The maximum Gasteiger partial charge on any atom is 0.233 e. The van der Waals surface area contributed by atoms with E-state index < -0.39 is 0 Å². The van der Waals surface area contributed by atoms with Crippen molar-refractivity contribution in [2.24, 2.45) is 5.41 Å². The van der Waals surface area contributed by atoms with E-state index in [1.807, 2.05) is 59.2 Å². The van der Waals surface area contributed by atoms with Crippen LogP contribution in [0.1, 0.15) is 34.1 Å². The molecule has 0 aliphatic carbocycles. The lowest BCUT2D eigenvalue weighted by Crippen LogP contribution is -2.56. The molecule has 2 aromatic rings. The molecule has 1 saturated heterocycles. The SMILES string of the molecule is C[C@H]1CN(C(=O)CSc2ccc(-c3ccccc3)nn2)CCN1C(=O)CC(C)(C)C. The molecule has 30 heavy (non-hydrogen) atoms. The number of thioether (sulfide) groups is 1. The maximum absolute atomic E-state index is 12.7. The van der Waals surface area contributed by atoms with E-state index in [1.165, 1.54) is 11.8 Å². The van der Waals surface area contributed by atoms with Crippen molar-refractivity contribution < 1.29 is 9.59 Å². The molecule has 1 atom stereocenters. The average molecular weight is 427 g/mol. The van der Waals surface area contributed by atoms with Crippen molar-refractivity contribution in [1.82, 2.24) is 20.0 Å². The van der Waals surface area contributed by atoms with Crippen molar-refractivity contribution >= 4 is 23.6 Å². The van der Waals surface area contributed by atoms with Crippen molar-refractivity contribution in [2.75, 3.05) is 25.4 Å². The van der Waals surface area contributed by atoms with Gasteiger partial charge in [0.15, 0.2) is 0 Å². The first-order valence-corrected chi connectivity index (χ1v) is 11.3. The molecule has 7 heteroatoms. The van der Waals surface area contributed by atoms with Gasteiger partial charge in [-0.2, -0.15) is 0 Å². The summed E-state index contributed by atoms with van der Waals surface area (Å²) in [4.78, 5) is 29.0. The molecule has 6 nitrogen and oxygen atoms in total. The molecule has 0 spiro atoms. The van der Waals surface area contributed by atoms with Gasteiger partial charge in [0, 0.05) is 37.7 Å². The molecule has 2 heterocycles. The van der Waals surface area contributed by atoms with E-state index in [4.69, 9.17) is 0 Å². The lowest BCUT2D eigenvalue weighted by molar-refractivity contribution is -0.142. The van der Waals surface area contributed by atoms with Gasteiger partial charge in [0.25, 0.3) is 0 Å². The van der Waals surface area contributed by atoms with Crippen molar-refractivity contribution in [2.45, 2.75) is 45.2 Å². The van der Waals surface area contributed by atoms with Crippen LogP contribution in [0, 0.1) is 5.41 Å². The van der Waals surface area contributed by atoms with Crippen molar-refractivity contribution in [3.8, 4) is 11.3 Å². The normalized spacial score (nSPS) is 17.1. The lowest BCUT2D eigenvalue weighted by Gasteiger charge is -2.40. The van der Waals surface area contributed by atoms with Gasteiger partial charge in [-0.05, 0) is 24.5 Å². The standard InChI is InChI=1S/C23H30N4O2S/c1-17-15-26(12-13-27(17)21(28)14-23(2,3)4)22(29)16-30-20-11-10-19(24-25-20)18-8-6-5-7-9-18/h5-11,17H,12-16H2,1-4H3/t17-/m0/s1. The molecule has 1 aromatic heterocycles. The highest BCUT2D eigenvalue weighted by molar-refractivity contribution is 7.99. The Hall–Kier alpha value is -2.41. The predicted molar refractivity (Wildman–Crippen MR) is 120 cm³/mol. The molecular formula is C23H30N4O2S. The zero-order valence-electron chi connectivity index (χ0n) is 18.2. The molecule has 0 bridgehead atoms. The number of hydrogen-bond donors (Lipinski definition) is 0. The Kier molecular flexibility index (Phi) is 7.13. The van der Waals surface area contributed by atoms with Gasteiger partial charge in [-0.25, -0.2) is 0 Å². The van der Waals surface area contributed by atoms with Gasteiger partial charge in [-0.3, -0.25) is 9.59 Å². The highest BCUT2D eigenvalue weighted by Crippen LogP contribution is 2.23. The van der Waals surface area contributed by atoms with Crippen LogP contribution in [0.5, 0.6) is 0 Å². The fourth-order valence-electron chi connectivity index (χ4n) is 3.50. The Morgan fingerprint density at radius 2 is 1.77 bits per heavy atom. The summed E-state index contributed by atoms with van der Waals surface area (Å²) in [6.07, 6.45) is 0.527. The number of carbonyl (C=O) groups is 2. The topological polar surface area (TPSA) is 66.4 Å². The molecule has 160 valence electrons. The maximum atomic E-state index is 12.7. The fraction of sp³-hybridized carbons (Fsp3) is 0.478. The number of nitrogens with zero attached hydrogens (tertiary/aromatic N) is 4. The van der Waals surface area contributed by atoms with Crippen LogP contribution < -0.4 is 0 Å². The summed E-state index contributed by atoms with van der Waals surface area (Å²) >= 11 is 1.40. The first-order chi connectivity index (χ1) is 14.2. The Labute approximate surface area is 183 Å². The molecular weight excluding hydrogens is 396 g/mol. The first kappa shape index (κ1) is 22.3. The largest absolute Gasteiger partial charge is 0.338 e. The van der Waals surface area contributed by atoms with Crippen LogP contribution in [-0.4, -0.2) is 63.2 Å². The van der Waals surface area contributed by atoms with Gasteiger partial charge in [-0.15, -0.1) is 10.2 Å². The molecule has 1 aromatic carbocycles. The molecule has 3 rings (SSSR count). The van der Waals surface area contributed by atoms with E-state index in [0.717, 1.165) is 16.3 Å². The minimum Gasteiger partial charge on any atom is -0.338 e. The Bertz CT molecular complexity index is 865. The number of piperazine rings is 1. The van der Waals surface area contributed by atoms with Gasteiger partial charge in [0.05, 0.1) is 11.4 Å². The van der Waals surface area contributed by atoms with Gasteiger partial charge >= 0.3 is 0 Å². The van der Waals surface area contributed by atoms with Crippen molar-refractivity contribution in [3.63, 3.8) is 0 Å². The highest BCUT2D eigenvalue weighted by Gasteiger charge is 2.31. The summed E-state index contributed by atoms with van der Waals surface area (Å²) in [5.74, 6) is 0.566. The number of aromatic nitrogens is 2. The lowest BCUT2D eigenvalue weighted by atomic mass is 9.91. The second kappa shape index (κ2) is 9.60. The van der Waals surface area contributed by atoms with Gasteiger partial charge in [0.1, 0.15) is 5.03 Å². The average Bonchev–Trinajstić information content (AvgIpc) is 2.71. The van der Waals surface area contributed by atoms with E-state index in [-0.39, 0.29) is 23.3 Å². The van der Waals surface area contributed by atoms with Crippen LogP contribution in [0.3, 0.4) is 0 Å². The first-order valence-electron chi connectivity index (χ1n) is 10.3. The Balaban J connectivity index is 1.49. The third-order valence-electron chi connectivity index (χ3n) is 5.04. The van der Waals surface area contributed by atoms with Gasteiger partial charge in [0.2, 0.25) is 11.8 Å². The number of carbonyl (C=O) groups excluding carboxylic acids is 2. The van der Waals surface area contributed by atoms with Crippen LogP contribution in [0.15, 0.2) is 47.5 Å². The van der Waals surface area contributed by atoms with Crippen LogP contribution in [-0.2, 0) is 9.59 Å². The zero-order chi connectivity index (χ0) is 21.7. The summed E-state index contributed by atoms with van der Waals surface area (Å²) in [6.45, 7) is 9.98. The molecule has 2 amide bonds. The summed E-state index contributed by atoms with van der Waals surface area (Å²) in [6, 6.07) is 13.8. The third-order valence-corrected chi connectivity index (χ3v) is 5.94. The number of amides is 2. The van der Waals surface area contributed by atoms with E-state index in [0.29, 0.717) is 31.8 Å². The summed E-state index contributed by atoms with van der Waals surface area (Å²) in [7, 11) is 0. The third kappa shape index (κ3) is 6.05. The van der Waals surface area contributed by atoms with E-state index in [2.05, 4.69) is 31.0 Å². The zero-order valence-corrected chi connectivity index (χ0v) is 19.0. The second-order valence-electron chi connectivity index (χ2n) is 8.92. The minimum absolute atomic E-state index is 0.0303. The van der Waals surface area contributed by atoms with Gasteiger partial charge < -0.3 is 9.80 Å². The quantitative estimate of drug-likeness (QED) is 0.682. The summed E-state index contributed by atoms with van der Waals surface area (Å²) in [5, 5.41) is 9.25. The van der Waals surface area contributed by atoms with E-state index >= 15 is 0 Å². The molecule has 0 N–H and O–H groups in total. The van der Waals surface area contributed by atoms with Crippen molar-refractivity contribution in [1.29, 1.82) is 0 Å². The van der Waals surface area contributed by atoms with E-state index in [1.54, 1.807) is 0 Å². The Morgan fingerprint density at radius 3 is 2.37 bits per heavy atom. The Morgan fingerprint density at radius 1 is 1.03 bits per heavy atom. The van der Waals surface area contributed by atoms with Crippen LogP contribution in [0.2, 0.25) is 0 Å². The number of rotatable bonds is 5. The van der Waals surface area contributed by atoms with Crippen LogP contribution in [0.4, 0.5) is 0 Å². The smallest absolute Gasteiger partial charge is 0.233 e. The van der Waals surface area contributed by atoms with Crippen LogP contribution >= 0.6 is 11.8 Å². The minimum atomic E-state index is -0.0303. The molecule has 1 fully saturated rings. The van der Waals surface area contributed by atoms with E-state index in [9.17, 15) is 9.59 Å². The predicted octanol–water partition coefficient (Wildman–Crippen LogP) is 3.73. The number of hydrogen-bond acceptors (Lipinski definition) is 5. The molecule has 0 saturated carbocycles. The molecule has 0 radical (unpaired) electrons. The molecule has 1 aliphatic rings. The molecule has 0 unspecified atom stereocenters. The fourth-order valence-corrected chi connectivity index (χ4v) is 4.21. The summed E-state index contributed by atoms with van der Waals surface area (Å²) in [5.41, 5.74) is 1.80. The monoisotopic (exact) mass is 426 g/mol. The van der Waals surface area contributed by atoms with Crippen LogP contribution in [0.25, 0.3) is 11.3 Å². The van der Waals surface area contributed by atoms with Gasteiger partial charge in [-0.1, -0.05) is 62.9 Å². The second-order valence-corrected chi connectivity index (χ2v) is 9.92.